The summed E-state index contributed by atoms with van der Waals surface area (Å²) in [5, 5.41) is 3.44. The number of nitrogens with zero attached hydrogens (tertiary/aromatic N) is 2. The second-order valence-corrected chi connectivity index (χ2v) is 4.01. The van der Waals surface area contributed by atoms with E-state index in [1.165, 1.54) is 5.56 Å². The standard InChI is InChI=1S/C13H23N3/c1-4-16(5-2)9-8-14-10-13-7-6-12(3)15-11-13/h6-7,11,14H,4-5,8-10H2,1-3H3. The Morgan fingerprint density at radius 3 is 2.56 bits per heavy atom. The molecule has 3 nitrogen and oxygen atoms in total. The molecule has 0 amide bonds. The van der Waals surface area contributed by atoms with E-state index in [2.05, 4.69) is 41.2 Å². The molecule has 0 unspecified atom stereocenters. The van der Waals surface area contributed by atoms with E-state index >= 15 is 0 Å². The first kappa shape index (κ1) is 13.1. The van der Waals surface area contributed by atoms with Crippen molar-refractivity contribution in [2.75, 3.05) is 26.2 Å². The number of nitrogens with one attached hydrogen (secondary N) is 1. The quantitative estimate of drug-likeness (QED) is 0.712. The lowest BCUT2D eigenvalue weighted by Gasteiger charge is -2.17. The number of rotatable bonds is 7. The van der Waals surface area contributed by atoms with Crippen molar-refractivity contribution < 1.29 is 0 Å². The minimum atomic E-state index is 0.911. The molecule has 0 saturated carbocycles. The van der Waals surface area contributed by atoms with Gasteiger partial charge < -0.3 is 10.2 Å². The van der Waals surface area contributed by atoms with Crippen molar-refractivity contribution in [2.45, 2.75) is 27.3 Å². The van der Waals surface area contributed by atoms with Crippen LogP contribution in [0.25, 0.3) is 0 Å². The first-order valence-electron chi connectivity index (χ1n) is 6.10. The van der Waals surface area contributed by atoms with Crippen LogP contribution in [-0.2, 0) is 6.54 Å². The van der Waals surface area contributed by atoms with Gasteiger partial charge >= 0.3 is 0 Å². The van der Waals surface area contributed by atoms with Crippen molar-refractivity contribution in [3.8, 4) is 0 Å². The van der Waals surface area contributed by atoms with Gasteiger partial charge in [0.2, 0.25) is 0 Å². The topological polar surface area (TPSA) is 28.2 Å². The van der Waals surface area contributed by atoms with Gasteiger partial charge in [0.25, 0.3) is 0 Å². The fraction of sp³-hybridized carbons (Fsp3) is 0.615. The van der Waals surface area contributed by atoms with E-state index in [9.17, 15) is 0 Å². The van der Waals surface area contributed by atoms with E-state index in [1.807, 2.05) is 13.1 Å². The molecule has 1 rings (SSSR count). The zero-order valence-corrected chi connectivity index (χ0v) is 10.7. The maximum absolute atomic E-state index is 4.27. The maximum atomic E-state index is 4.27. The molecular weight excluding hydrogens is 198 g/mol. The highest BCUT2D eigenvalue weighted by Gasteiger charge is 1.98. The molecule has 3 heteroatoms. The summed E-state index contributed by atoms with van der Waals surface area (Å²) in [6.07, 6.45) is 1.94. The van der Waals surface area contributed by atoms with Crippen molar-refractivity contribution in [1.29, 1.82) is 0 Å². The first-order valence-corrected chi connectivity index (χ1v) is 6.10. The maximum Gasteiger partial charge on any atom is 0.0372 e. The predicted molar refractivity (Wildman–Crippen MR) is 68.5 cm³/mol. The fourth-order valence-electron chi connectivity index (χ4n) is 1.61. The van der Waals surface area contributed by atoms with Crippen molar-refractivity contribution in [3.63, 3.8) is 0 Å². The molecule has 90 valence electrons. The van der Waals surface area contributed by atoms with E-state index in [0.29, 0.717) is 0 Å². The van der Waals surface area contributed by atoms with Gasteiger partial charge in [-0.15, -0.1) is 0 Å². The summed E-state index contributed by atoms with van der Waals surface area (Å²) in [6, 6.07) is 4.19. The van der Waals surface area contributed by atoms with E-state index in [4.69, 9.17) is 0 Å². The monoisotopic (exact) mass is 221 g/mol. The van der Waals surface area contributed by atoms with Gasteiger partial charge in [-0.25, -0.2) is 0 Å². The second-order valence-electron chi connectivity index (χ2n) is 4.01. The van der Waals surface area contributed by atoms with Crippen LogP contribution in [0.2, 0.25) is 0 Å². The van der Waals surface area contributed by atoms with Crippen LogP contribution >= 0.6 is 0 Å². The van der Waals surface area contributed by atoms with Gasteiger partial charge in [0.1, 0.15) is 0 Å². The highest BCUT2D eigenvalue weighted by atomic mass is 15.1. The minimum Gasteiger partial charge on any atom is -0.311 e. The molecule has 16 heavy (non-hydrogen) atoms. The molecule has 0 bridgehead atoms. The van der Waals surface area contributed by atoms with E-state index in [1.54, 1.807) is 0 Å². The van der Waals surface area contributed by atoms with Crippen molar-refractivity contribution in [2.24, 2.45) is 0 Å². The summed E-state index contributed by atoms with van der Waals surface area (Å²) in [5.41, 5.74) is 2.33. The van der Waals surface area contributed by atoms with E-state index in [0.717, 1.165) is 38.4 Å². The van der Waals surface area contributed by atoms with Gasteiger partial charge in [-0.05, 0) is 31.6 Å². The largest absolute Gasteiger partial charge is 0.311 e. The molecular formula is C13H23N3. The Morgan fingerprint density at radius 1 is 1.25 bits per heavy atom. The SMILES string of the molecule is CCN(CC)CCNCc1ccc(C)nc1. The van der Waals surface area contributed by atoms with Crippen LogP contribution in [0.5, 0.6) is 0 Å². The van der Waals surface area contributed by atoms with Crippen LogP contribution < -0.4 is 5.32 Å². The zero-order valence-electron chi connectivity index (χ0n) is 10.7. The number of likely N-dealkylation sites (N-methyl/N-ethyl adjacent to an activating group) is 1. The highest BCUT2D eigenvalue weighted by Crippen LogP contribution is 1.98. The summed E-state index contributed by atoms with van der Waals surface area (Å²) < 4.78 is 0. The Balaban J connectivity index is 2.18. The molecule has 0 fully saturated rings. The molecule has 0 atom stereocenters. The second kappa shape index (κ2) is 7.36. The van der Waals surface area contributed by atoms with Gasteiger partial charge in [-0.2, -0.15) is 0 Å². The number of pyridine rings is 1. The average Bonchev–Trinajstić information content (AvgIpc) is 2.32. The molecule has 1 N–H and O–H groups in total. The molecule has 0 aromatic carbocycles. The first-order chi connectivity index (χ1) is 7.76. The van der Waals surface area contributed by atoms with Gasteiger partial charge in [0.15, 0.2) is 0 Å². The lowest BCUT2D eigenvalue weighted by molar-refractivity contribution is 0.302. The summed E-state index contributed by atoms with van der Waals surface area (Å²) in [5.74, 6) is 0. The van der Waals surface area contributed by atoms with Crippen LogP contribution in [0.1, 0.15) is 25.1 Å². The van der Waals surface area contributed by atoms with Gasteiger partial charge in [0, 0.05) is 31.5 Å². The minimum absolute atomic E-state index is 0.911. The highest BCUT2D eigenvalue weighted by molar-refractivity contribution is 5.12. The Hall–Kier alpha value is -0.930. The third-order valence-electron chi connectivity index (χ3n) is 2.80. The van der Waals surface area contributed by atoms with Gasteiger partial charge in [-0.3, -0.25) is 4.98 Å². The Bertz CT molecular complexity index is 278. The Labute approximate surface area is 98.9 Å². The lowest BCUT2D eigenvalue weighted by atomic mass is 10.2. The van der Waals surface area contributed by atoms with Crippen LogP contribution in [0.4, 0.5) is 0 Å². The molecule has 0 aliphatic carbocycles. The van der Waals surface area contributed by atoms with E-state index in [-0.39, 0.29) is 0 Å². The smallest absolute Gasteiger partial charge is 0.0372 e. The average molecular weight is 221 g/mol. The molecule has 1 heterocycles. The summed E-state index contributed by atoms with van der Waals surface area (Å²) in [7, 11) is 0. The number of hydrogen-bond acceptors (Lipinski definition) is 3. The number of aromatic nitrogens is 1. The van der Waals surface area contributed by atoms with Crippen molar-refractivity contribution in [1.82, 2.24) is 15.2 Å². The van der Waals surface area contributed by atoms with Crippen LogP contribution in [0.15, 0.2) is 18.3 Å². The molecule has 0 radical (unpaired) electrons. The number of hydrogen-bond donors (Lipinski definition) is 1. The molecule has 0 aliphatic heterocycles. The van der Waals surface area contributed by atoms with Gasteiger partial charge in [-0.1, -0.05) is 19.9 Å². The summed E-state index contributed by atoms with van der Waals surface area (Å²) >= 11 is 0. The summed E-state index contributed by atoms with van der Waals surface area (Å²) in [6.45, 7) is 11.7. The third-order valence-corrected chi connectivity index (χ3v) is 2.80. The molecule has 1 aromatic rings. The summed E-state index contributed by atoms with van der Waals surface area (Å²) in [4.78, 5) is 6.69. The molecule has 1 aromatic heterocycles. The van der Waals surface area contributed by atoms with Crippen LogP contribution in [0.3, 0.4) is 0 Å². The molecule has 0 aliphatic rings. The zero-order chi connectivity index (χ0) is 11.8. The Morgan fingerprint density at radius 2 is 2.00 bits per heavy atom. The van der Waals surface area contributed by atoms with Crippen molar-refractivity contribution >= 4 is 0 Å². The molecule has 0 saturated heterocycles. The molecule has 0 spiro atoms. The predicted octanol–water partition coefficient (Wildman–Crippen LogP) is 1.82. The third kappa shape index (κ3) is 4.73. The van der Waals surface area contributed by atoms with Crippen LogP contribution in [-0.4, -0.2) is 36.1 Å². The van der Waals surface area contributed by atoms with Gasteiger partial charge in [0.05, 0.1) is 0 Å². The van der Waals surface area contributed by atoms with E-state index < -0.39 is 0 Å². The number of aryl methyl sites for hydroxylation is 1. The van der Waals surface area contributed by atoms with Crippen LogP contribution in [0, 0.1) is 6.92 Å². The normalized spacial score (nSPS) is 11.0. The fourth-order valence-corrected chi connectivity index (χ4v) is 1.61. The lowest BCUT2D eigenvalue weighted by Crippen LogP contribution is -2.31. The van der Waals surface area contributed by atoms with Crippen molar-refractivity contribution in [3.05, 3.63) is 29.6 Å². The Kier molecular flexibility index (Phi) is 6.04.